The van der Waals surface area contributed by atoms with Crippen LogP contribution in [0.1, 0.15) is 25.0 Å². The maximum Gasteiger partial charge on any atom is 0.355 e. The van der Waals surface area contributed by atoms with Crippen LogP contribution >= 0.6 is 34.8 Å². The SMILES string of the molecule is CC(=O)Nc1ccc(C=CC(=O)[N+]23C=CC=C(OCc4c(Cl)ccc(N(C)C(=O)CN)c4Cl)C2=NC(C)=C3Cl)cc1. The predicted octanol–water partition coefficient (Wildman–Crippen LogP) is 5.70. The lowest BCUT2D eigenvalue weighted by molar-refractivity contribution is -0.650. The van der Waals surface area contributed by atoms with E-state index in [1.54, 1.807) is 74.8 Å². The van der Waals surface area contributed by atoms with E-state index in [-0.39, 0.29) is 46.9 Å². The maximum atomic E-state index is 13.7. The number of carbonyl (C=O) groups excluding carboxylic acids is 3. The van der Waals surface area contributed by atoms with E-state index in [1.165, 1.54) is 17.9 Å². The molecule has 2 aliphatic heterocycles. The van der Waals surface area contributed by atoms with Gasteiger partial charge in [-0.25, -0.2) is 4.79 Å². The van der Waals surface area contributed by atoms with Gasteiger partial charge in [-0.15, -0.1) is 4.48 Å². The van der Waals surface area contributed by atoms with Gasteiger partial charge in [0.05, 0.1) is 17.3 Å². The number of fused-ring (bicyclic) bond motifs is 1. The van der Waals surface area contributed by atoms with E-state index in [0.717, 1.165) is 5.56 Å². The van der Waals surface area contributed by atoms with E-state index in [2.05, 4.69) is 10.3 Å². The molecule has 0 spiro atoms. The summed E-state index contributed by atoms with van der Waals surface area (Å²) in [4.78, 5) is 43.0. The molecule has 4 rings (SSSR count). The van der Waals surface area contributed by atoms with Gasteiger partial charge in [-0.05, 0) is 66.6 Å². The van der Waals surface area contributed by atoms with E-state index < -0.39 is 4.48 Å². The number of amides is 3. The van der Waals surface area contributed by atoms with Crippen LogP contribution in [0.25, 0.3) is 6.08 Å². The smallest absolute Gasteiger partial charge is 0.355 e. The van der Waals surface area contributed by atoms with Gasteiger partial charge in [-0.2, -0.15) is 4.99 Å². The lowest BCUT2D eigenvalue weighted by Crippen LogP contribution is -2.50. The lowest BCUT2D eigenvalue weighted by Gasteiger charge is -2.29. The van der Waals surface area contributed by atoms with Crippen molar-refractivity contribution in [1.29, 1.82) is 0 Å². The zero-order chi connectivity index (χ0) is 29.9. The molecular weight excluding hydrogens is 589 g/mol. The highest BCUT2D eigenvalue weighted by atomic mass is 35.5. The molecule has 212 valence electrons. The van der Waals surface area contributed by atoms with Crippen molar-refractivity contribution in [2.24, 2.45) is 10.7 Å². The van der Waals surface area contributed by atoms with Crippen molar-refractivity contribution in [3.8, 4) is 0 Å². The van der Waals surface area contributed by atoms with Crippen molar-refractivity contribution in [1.82, 2.24) is 0 Å². The van der Waals surface area contributed by atoms with Crippen LogP contribution in [-0.4, -0.2) is 41.6 Å². The molecule has 0 aromatic heterocycles. The van der Waals surface area contributed by atoms with Crippen LogP contribution in [0.15, 0.2) is 82.4 Å². The molecule has 2 heterocycles. The summed E-state index contributed by atoms with van der Waals surface area (Å²) in [6.07, 6.45) is 8.03. The Balaban J connectivity index is 1.58. The summed E-state index contributed by atoms with van der Waals surface area (Å²) in [6.45, 7) is 2.88. The average Bonchev–Trinajstić information content (AvgIpc) is 3.22. The number of quaternary nitrogens is 1. The topological polar surface area (TPSA) is 114 Å². The van der Waals surface area contributed by atoms with E-state index in [4.69, 9.17) is 45.3 Å². The van der Waals surface area contributed by atoms with Crippen molar-refractivity contribution >= 4 is 75.8 Å². The van der Waals surface area contributed by atoms with Crippen molar-refractivity contribution < 1.29 is 23.6 Å². The zero-order valence-electron chi connectivity index (χ0n) is 22.5. The molecule has 0 aliphatic carbocycles. The van der Waals surface area contributed by atoms with Gasteiger partial charge in [-0.1, -0.05) is 35.3 Å². The number of nitrogens with two attached hydrogens (primary N) is 1. The molecule has 0 radical (unpaired) electrons. The van der Waals surface area contributed by atoms with E-state index >= 15 is 0 Å². The molecule has 0 bridgehead atoms. The fraction of sp³-hybridized carbons (Fsp3) is 0.172. The molecule has 0 fully saturated rings. The first-order chi connectivity index (χ1) is 19.5. The van der Waals surface area contributed by atoms with E-state index in [9.17, 15) is 14.4 Å². The minimum Gasteiger partial charge on any atom is -0.481 e. The first-order valence-corrected chi connectivity index (χ1v) is 13.5. The summed E-state index contributed by atoms with van der Waals surface area (Å²) in [5.74, 6) is -0.291. The van der Waals surface area contributed by atoms with E-state index in [0.29, 0.717) is 33.4 Å². The number of rotatable bonds is 8. The van der Waals surface area contributed by atoms with Crippen LogP contribution in [0.5, 0.6) is 0 Å². The monoisotopic (exact) mass is 614 g/mol. The van der Waals surface area contributed by atoms with Gasteiger partial charge in [0.15, 0.2) is 0 Å². The van der Waals surface area contributed by atoms with Crippen LogP contribution in [-0.2, 0) is 25.7 Å². The summed E-state index contributed by atoms with van der Waals surface area (Å²) in [6, 6.07) is 10.3. The lowest BCUT2D eigenvalue weighted by atomic mass is 10.1. The molecule has 3 amide bonds. The quantitative estimate of drug-likeness (QED) is 0.225. The molecule has 12 heteroatoms. The second-order valence-electron chi connectivity index (χ2n) is 9.19. The third kappa shape index (κ3) is 6.00. The van der Waals surface area contributed by atoms with Gasteiger partial charge in [0.25, 0.3) is 5.84 Å². The normalized spacial score (nSPS) is 17.7. The Kier molecular flexibility index (Phi) is 9.16. The Morgan fingerprint density at radius 2 is 1.83 bits per heavy atom. The largest absolute Gasteiger partial charge is 0.481 e. The number of anilines is 2. The van der Waals surface area contributed by atoms with Crippen LogP contribution in [0.3, 0.4) is 0 Å². The van der Waals surface area contributed by atoms with Crippen molar-refractivity contribution in [3.05, 3.63) is 98.6 Å². The molecule has 2 aromatic carbocycles. The minimum atomic E-state index is -0.491. The Labute approximate surface area is 252 Å². The molecule has 0 saturated heterocycles. The first kappa shape index (κ1) is 30.2. The summed E-state index contributed by atoms with van der Waals surface area (Å²) in [7, 11) is 1.56. The molecule has 2 aromatic rings. The van der Waals surface area contributed by atoms with Crippen molar-refractivity contribution in [3.63, 3.8) is 0 Å². The second-order valence-corrected chi connectivity index (χ2v) is 10.3. The van der Waals surface area contributed by atoms with Gasteiger partial charge >= 0.3 is 5.91 Å². The molecule has 0 saturated carbocycles. The second kappa shape index (κ2) is 12.4. The average molecular weight is 616 g/mol. The number of nitrogens with one attached hydrogen (secondary N) is 1. The number of halogens is 3. The highest BCUT2D eigenvalue weighted by molar-refractivity contribution is 6.38. The molecule has 3 N–H and O–H groups in total. The van der Waals surface area contributed by atoms with Gasteiger partial charge in [-0.3, -0.25) is 9.59 Å². The Bertz CT molecular complexity index is 1580. The van der Waals surface area contributed by atoms with Crippen LogP contribution in [0.4, 0.5) is 11.4 Å². The van der Waals surface area contributed by atoms with Gasteiger partial charge < -0.3 is 20.7 Å². The van der Waals surface area contributed by atoms with Gasteiger partial charge in [0.1, 0.15) is 18.5 Å². The van der Waals surface area contributed by atoms with Crippen LogP contribution in [0.2, 0.25) is 10.0 Å². The Morgan fingerprint density at radius 1 is 1.12 bits per heavy atom. The molecule has 9 nitrogen and oxygen atoms in total. The third-order valence-electron chi connectivity index (χ3n) is 6.44. The molecule has 2 aliphatic rings. The molecule has 1 atom stereocenters. The fourth-order valence-corrected chi connectivity index (χ4v) is 5.15. The van der Waals surface area contributed by atoms with Gasteiger partial charge in [0.2, 0.25) is 22.7 Å². The first-order valence-electron chi connectivity index (χ1n) is 12.4. The summed E-state index contributed by atoms with van der Waals surface area (Å²) in [5, 5.41) is 3.48. The number of hydrogen-bond donors (Lipinski definition) is 2. The summed E-state index contributed by atoms with van der Waals surface area (Å²) < 4.78 is 5.62. The van der Waals surface area contributed by atoms with Crippen LogP contribution < -0.4 is 16.0 Å². The maximum absolute atomic E-state index is 13.7. The summed E-state index contributed by atoms with van der Waals surface area (Å²) in [5.41, 5.74) is 8.22. The predicted molar refractivity (Wildman–Crippen MR) is 162 cm³/mol. The third-order valence-corrected chi connectivity index (χ3v) is 7.75. The highest BCUT2D eigenvalue weighted by Gasteiger charge is 2.52. The number of nitrogens with zero attached hydrogens (tertiary/aromatic N) is 3. The van der Waals surface area contributed by atoms with Crippen molar-refractivity contribution in [2.45, 2.75) is 20.5 Å². The Hall–Kier alpha value is -3.73. The number of allylic oxidation sites excluding steroid dienone is 3. The number of carbonyl (C=O) groups is 3. The highest BCUT2D eigenvalue weighted by Crippen LogP contribution is 2.40. The number of aliphatic imine (C=N–C) groups is 1. The molecule has 41 heavy (non-hydrogen) atoms. The number of hydrogen-bond acceptors (Lipinski definition) is 6. The van der Waals surface area contributed by atoms with Gasteiger partial charge in [0, 0.05) is 36.3 Å². The molecule has 1 unspecified atom stereocenters. The van der Waals surface area contributed by atoms with E-state index in [1.807, 2.05) is 0 Å². The number of benzene rings is 2. The zero-order valence-corrected chi connectivity index (χ0v) is 24.7. The fourth-order valence-electron chi connectivity index (χ4n) is 4.28. The standard InChI is InChI=1S/C29H26Cl3N5O4/c1-17-28(32)37(26(40)13-8-19-6-9-20(10-7-19)35-18(2)38)14-4-5-24(29(37)34-17)41-16-21-22(30)11-12-23(27(21)31)36(3)25(39)15-33/h4-14H,15-16,33H2,1-3H3/p+1. The minimum absolute atomic E-state index is 0.0732. The Morgan fingerprint density at radius 3 is 2.49 bits per heavy atom. The number of likely N-dealkylation sites (N-methyl/N-ethyl adjacent to an activating group) is 1. The van der Waals surface area contributed by atoms with Crippen molar-refractivity contribution in [2.75, 3.05) is 23.8 Å². The van der Waals surface area contributed by atoms with Crippen LogP contribution in [0, 0.1) is 0 Å². The number of amidine groups is 1. The summed E-state index contributed by atoms with van der Waals surface area (Å²) >= 11 is 19.7. The molecular formula is C29H27Cl3N5O4+. The number of ether oxygens (including phenoxy) is 1.